The lowest BCUT2D eigenvalue weighted by molar-refractivity contribution is 0.193. The summed E-state index contributed by atoms with van der Waals surface area (Å²) in [4.78, 5) is 4.08. The largest absolute Gasteiger partial charge is 0.485 e. The number of halogens is 1. The summed E-state index contributed by atoms with van der Waals surface area (Å²) in [5.41, 5.74) is 0.236. The van der Waals surface area contributed by atoms with Gasteiger partial charge >= 0.3 is 0 Å². The average Bonchev–Trinajstić information content (AvgIpc) is 2.84. The van der Waals surface area contributed by atoms with Gasteiger partial charge in [-0.25, -0.2) is 4.39 Å². The molecule has 0 unspecified atom stereocenters. The maximum atomic E-state index is 13.6. The van der Waals surface area contributed by atoms with Gasteiger partial charge in [0.25, 0.3) is 0 Å². The van der Waals surface area contributed by atoms with Crippen LogP contribution >= 0.6 is 0 Å². The van der Waals surface area contributed by atoms with Crippen LogP contribution in [0.25, 0.3) is 0 Å². The fraction of sp³-hybridized carbons (Fsp3) is 0.385. The first-order valence-corrected chi connectivity index (χ1v) is 6.02. The van der Waals surface area contributed by atoms with E-state index in [1.165, 1.54) is 19.1 Å². The minimum atomic E-state index is -0.849. The molecule has 1 atom stereocenters. The molecular weight excluding hydrogens is 251 g/mol. The number of aliphatic hydroxyl groups excluding tert-OH is 1. The van der Waals surface area contributed by atoms with Crippen molar-refractivity contribution in [1.82, 2.24) is 10.1 Å². The minimum absolute atomic E-state index is 0.108. The maximum absolute atomic E-state index is 13.6. The monoisotopic (exact) mass is 266 g/mol. The molecule has 2 aromatic rings. The van der Waals surface area contributed by atoms with Gasteiger partial charge in [0.2, 0.25) is 11.7 Å². The van der Waals surface area contributed by atoms with E-state index in [-0.39, 0.29) is 12.2 Å². The van der Waals surface area contributed by atoms with Gasteiger partial charge in [0.15, 0.2) is 6.61 Å². The molecule has 19 heavy (non-hydrogen) atoms. The Labute approximate surface area is 110 Å². The van der Waals surface area contributed by atoms with Gasteiger partial charge in [0.05, 0.1) is 6.10 Å². The molecule has 6 heteroatoms. The number of aromatic nitrogens is 2. The number of rotatable bonds is 5. The summed E-state index contributed by atoms with van der Waals surface area (Å²) in [5.74, 6) is 0.797. The van der Waals surface area contributed by atoms with Crippen LogP contribution < -0.4 is 4.74 Å². The van der Waals surface area contributed by atoms with Gasteiger partial charge < -0.3 is 14.4 Å². The fourth-order valence-electron chi connectivity index (χ4n) is 1.58. The normalized spacial score (nSPS) is 12.4. The average molecular weight is 266 g/mol. The van der Waals surface area contributed by atoms with Crippen molar-refractivity contribution in [3.63, 3.8) is 0 Å². The van der Waals surface area contributed by atoms with Crippen molar-refractivity contribution in [3.8, 4) is 5.75 Å². The highest BCUT2D eigenvalue weighted by Gasteiger charge is 2.10. The Morgan fingerprint density at radius 2 is 2.26 bits per heavy atom. The van der Waals surface area contributed by atoms with Crippen LogP contribution in [0.1, 0.15) is 37.2 Å². The number of ether oxygens (including phenoxy) is 1. The zero-order chi connectivity index (χ0) is 13.8. The SMILES string of the molecule is CCc1nc(COc2ccc([C@@H](C)O)c(F)c2)no1. The molecule has 0 spiro atoms. The summed E-state index contributed by atoms with van der Waals surface area (Å²) in [6.07, 6.45) is -0.191. The van der Waals surface area contributed by atoms with Crippen LogP contribution in [0.2, 0.25) is 0 Å². The number of hydrogen-bond donors (Lipinski definition) is 1. The predicted octanol–water partition coefficient (Wildman–Crippen LogP) is 2.40. The second kappa shape index (κ2) is 5.79. The Hall–Kier alpha value is -1.95. The number of hydrogen-bond acceptors (Lipinski definition) is 5. The van der Waals surface area contributed by atoms with Crippen LogP contribution in [-0.2, 0) is 13.0 Å². The van der Waals surface area contributed by atoms with Gasteiger partial charge in [0.1, 0.15) is 11.6 Å². The molecule has 0 saturated heterocycles. The zero-order valence-electron chi connectivity index (χ0n) is 10.8. The second-order valence-electron chi connectivity index (χ2n) is 4.11. The van der Waals surface area contributed by atoms with Crippen molar-refractivity contribution >= 4 is 0 Å². The molecule has 1 aromatic heterocycles. The number of aliphatic hydroxyl groups is 1. The third kappa shape index (κ3) is 3.29. The molecule has 1 heterocycles. The van der Waals surface area contributed by atoms with E-state index in [2.05, 4.69) is 10.1 Å². The Balaban J connectivity index is 2.01. The van der Waals surface area contributed by atoms with Gasteiger partial charge in [-0.2, -0.15) is 4.98 Å². The van der Waals surface area contributed by atoms with Gasteiger partial charge in [-0.15, -0.1) is 0 Å². The van der Waals surface area contributed by atoms with Crippen LogP contribution in [-0.4, -0.2) is 15.2 Å². The van der Waals surface area contributed by atoms with E-state index in [0.29, 0.717) is 23.9 Å². The van der Waals surface area contributed by atoms with Crippen LogP contribution in [0.5, 0.6) is 5.75 Å². The number of benzene rings is 1. The van der Waals surface area contributed by atoms with E-state index in [1.54, 1.807) is 6.07 Å². The third-order valence-electron chi connectivity index (χ3n) is 2.60. The molecule has 2 rings (SSSR count). The highest BCUT2D eigenvalue weighted by Crippen LogP contribution is 2.22. The maximum Gasteiger partial charge on any atom is 0.226 e. The topological polar surface area (TPSA) is 68.4 Å². The molecule has 1 N–H and O–H groups in total. The molecule has 5 nitrogen and oxygen atoms in total. The van der Waals surface area contributed by atoms with E-state index in [0.717, 1.165) is 0 Å². The van der Waals surface area contributed by atoms with E-state index in [9.17, 15) is 9.50 Å². The molecule has 0 fully saturated rings. The summed E-state index contributed by atoms with van der Waals surface area (Å²) in [5, 5.41) is 13.0. The Kier molecular flexibility index (Phi) is 4.11. The van der Waals surface area contributed by atoms with Crippen molar-refractivity contribution in [1.29, 1.82) is 0 Å². The molecule has 0 saturated carbocycles. The van der Waals surface area contributed by atoms with E-state index >= 15 is 0 Å². The third-order valence-corrected chi connectivity index (χ3v) is 2.60. The molecular formula is C13H15FN2O3. The molecule has 0 aliphatic heterocycles. The molecule has 0 aliphatic carbocycles. The van der Waals surface area contributed by atoms with Gasteiger partial charge in [-0.1, -0.05) is 12.1 Å². The van der Waals surface area contributed by atoms with E-state index in [1.807, 2.05) is 6.92 Å². The first-order chi connectivity index (χ1) is 9.10. The van der Waals surface area contributed by atoms with Gasteiger partial charge in [0, 0.05) is 18.1 Å². The second-order valence-corrected chi connectivity index (χ2v) is 4.11. The van der Waals surface area contributed by atoms with Gasteiger partial charge in [-0.05, 0) is 19.1 Å². The molecule has 0 amide bonds. The fourth-order valence-corrected chi connectivity index (χ4v) is 1.58. The zero-order valence-corrected chi connectivity index (χ0v) is 10.8. The molecule has 0 radical (unpaired) electrons. The number of aryl methyl sites for hydroxylation is 1. The molecule has 0 aliphatic rings. The first-order valence-electron chi connectivity index (χ1n) is 6.02. The van der Waals surface area contributed by atoms with E-state index in [4.69, 9.17) is 9.26 Å². The van der Waals surface area contributed by atoms with Crippen molar-refractivity contribution in [2.45, 2.75) is 33.0 Å². The Bertz CT molecular complexity index is 555. The van der Waals surface area contributed by atoms with Crippen molar-refractivity contribution in [2.75, 3.05) is 0 Å². The lowest BCUT2D eigenvalue weighted by atomic mass is 10.1. The van der Waals surface area contributed by atoms with Crippen LogP contribution in [0, 0.1) is 5.82 Å². The highest BCUT2D eigenvalue weighted by atomic mass is 19.1. The highest BCUT2D eigenvalue weighted by molar-refractivity contribution is 5.30. The van der Waals surface area contributed by atoms with Crippen molar-refractivity contribution in [2.24, 2.45) is 0 Å². The van der Waals surface area contributed by atoms with Gasteiger partial charge in [-0.3, -0.25) is 0 Å². The van der Waals surface area contributed by atoms with Crippen LogP contribution in [0.3, 0.4) is 0 Å². The lowest BCUT2D eigenvalue weighted by Gasteiger charge is -2.08. The van der Waals surface area contributed by atoms with Crippen LogP contribution in [0.15, 0.2) is 22.7 Å². The summed E-state index contributed by atoms with van der Waals surface area (Å²) in [7, 11) is 0. The lowest BCUT2D eigenvalue weighted by Crippen LogP contribution is -2.00. The van der Waals surface area contributed by atoms with Crippen LogP contribution in [0.4, 0.5) is 4.39 Å². The minimum Gasteiger partial charge on any atom is -0.485 e. The molecule has 1 aromatic carbocycles. The Morgan fingerprint density at radius 1 is 1.47 bits per heavy atom. The summed E-state index contributed by atoms with van der Waals surface area (Å²) >= 11 is 0. The molecule has 0 bridgehead atoms. The predicted molar refractivity (Wildman–Crippen MR) is 65.0 cm³/mol. The number of nitrogens with zero attached hydrogens (tertiary/aromatic N) is 2. The smallest absolute Gasteiger partial charge is 0.226 e. The summed E-state index contributed by atoms with van der Waals surface area (Å²) in [6, 6.07) is 4.30. The van der Waals surface area contributed by atoms with Crippen molar-refractivity contribution < 1.29 is 18.8 Å². The standard InChI is InChI=1S/C13H15FN2O3/c1-3-13-15-12(16-19-13)7-18-9-4-5-10(8(2)17)11(14)6-9/h4-6,8,17H,3,7H2,1-2H3/t8-/m1/s1. The quantitative estimate of drug-likeness (QED) is 0.900. The molecule has 102 valence electrons. The van der Waals surface area contributed by atoms with Crippen molar-refractivity contribution in [3.05, 3.63) is 41.3 Å². The first kappa shape index (κ1) is 13.5. The van der Waals surface area contributed by atoms with E-state index < -0.39 is 11.9 Å². The summed E-state index contributed by atoms with van der Waals surface area (Å²) < 4.78 is 23.9. The summed E-state index contributed by atoms with van der Waals surface area (Å²) in [6.45, 7) is 3.52. The Morgan fingerprint density at radius 3 is 2.84 bits per heavy atom.